The van der Waals surface area contributed by atoms with Crippen LogP contribution in [0.2, 0.25) is 0 Å². The van der Waals surface area contributed by atoms with Crippen LogP contribution in [0.4, 0.5) is 5.69 Å². The van der Waals surface area contributed by atoms with Gasteiger partial charge in [0.1, 0.15) is 10.7 Å². The van der Waals surface area contributed by atoms with Crippen molar-refractivity contribution < 1.29 is 0 Å². The summed E-state index contributed by atoms with van der Waals surface area (Å²) in [5.41, 5.74) is 12.8. The van der Waals surface area contributed by atoms with Gasteiger partial charge in [0.15, 0.2) is 0 Å². The standard InChI is InChI=1S/C20H17N7/c21-13-9-18-20(23)16-6-5-15(26-16)19(22)14-4-3-11(25-14)7-10-1-2-12(24-10)8-17(13)27-18/h1-9,22-27H,21H2. The van der Waals surface area contributed by atoms with E-state index in [9.17, 15) is 0 Å². The SMILES string of the molecule is N=c1c2ccc(cc3ccc(cc4[nH]c(cc4N)c(=N)c4ccc1[nH]4)[nH]3)[nH]2. The van der Waals surface area contributed by atoms with Crippen molar-refractivity contribution in [3.8, 4) is 0 Å². The predicted molar refractivity (Wildman–Crippen MR) is 108 cm³/mol. The van der Waals surface area contributed by atoms with Crippen molar-refractivity contribution in [3.05, 3.63) is 65.3 Å². The Balaban J connectivity index is 2.01. The lowest BCUT2D eigenvalue weighted by atomic mass is 10.3. The number of aromatic amines is 4. The van der Waals surface area contributed by atoms with E-state index >= 15 is 0 Å². The molecular formula is C20H17N7. The molecule has 8 bridgehead atoms. The Morgan fingerprint density at radius 3 is 1.81 bits per heavy atom. The molecule has 27 heavy (non-hydrogen) atoms. The molecule has 8 N–H and O–H groups in total. The van der Waals surface area contributed by atoms with Crippen LogP contribution >= 0.6 is 0 Å². The van der Waals surface area contributed by atoms with Gasteiger partial charge >= 0.3 is 0 Å². The summed E-state index contributed by atoms with van der Waals surface area (Å²) >= 11 is 0. The molecule has 0 amide bonds. The maximum absolute atomic E-state index is 8.48. The number of nitrogens with two attached hydrogens (primary N) is 1. The summed E-state index contributed by atoms with van der Waals surface area (Å²) in [6, 6.07) is 17.0. The summed E-state index contributed by atoms with van der Waals surface area (Å²) < 4.78 is 0. The maximum atomic E-state index is 8.48. The lowest BCUT2D eigenvalue weighted by molar-refractivity contribution is 1.27. The lowest BCUT2D eigenvalue weighted by Gasteiger charge is -1.86. The van der Waals surface area contributed by atoms with Crippen LogP contribution in [0.15, 0.2) is 54.6 Å². The molecule has 0 aliphatic heterocycles. The van der Waals surface area contributed by atoms with Gasteiger partial charge in [-0.1, -0.05) is 0 Å². The second-order valence-corrected chi connectivity index (χ2v) is 6.57. The average Bonchev–Trinajstić information content (AvgIpc) is 3.42. The van der Waals surface area contributed by atoms with Crippen molar-refractivity contribution in [2.24, 2.45) is 0 Å². The molecule has 0 saturated carbocycles. The zero-order valence-electron chi connectivity index (χ0n) is 14.3. The van der Waals surface area contributed by atoms with E-state index in [1.807, 2.05) is 42.5 Å². The van der Waals surface area contributed by atoms with E-state index in [1.165, 1.54) is 0 Å². The zero-order chi connectivity index (χ0) is 18.5. The highest BCUT2D eigenvalue weighted by atomic mass is 14.8. The smallest absolute Gasteiger partial charge is 0.101 e. The molecule has 0 atom stereocenters. The third-order valence-corrected chi connectivity index (χ3v) is 4.69. The van der Waals surface area contributed by atoms with Gasteiger partial charge < -0.3 is 25.7 Å². The van der Waals surface area contributed by atoms with Crippen molar-refractivity contribution in [3.63, 3.8) is 0 Å². The van der Waals surface area contributed by atoms with Gasteiger partial charge in [-0.05, 0) is 54.6 Å². The first kappa shape index (κ1) is 15.3. The highest BCUT2D eigenvalue weighted by Gasteiger charge is 2.01. The summed E-state index contributed by atoms with van der Waals surface area (Å²) in [5.74, 6) is 0. The van der Waals surface area contributed by atoms with Gasteiger partial charge in [-0.25, -0.2) is 0 Å². The minimum absolute atomic E-state index is 0.292. The second kappa shape index (κ2) is 5.50. The molecule has 0 unspecified atom stereocenters. The fourth-order valence-corrected chi connectivity index (χ4v) is 3.28. The third kappa shape index (κ3) is 2.53. The number of anilines is 1. The average molecular weight is 355 g/mol. The number of H-pyrrole nitrogens is 4. The highest BCUT2D eigenvalue weighted by Crippen LogP contribution is 2.15. The zero-order valence-corrected chi connectivity index (χ0v) is 14.3. The Morgan fingerprint density at radius 1 is 0.519 bits per heavy atom. The molecule has 0 radical (unpaired) electrons. The minimum atomic E-state index is 0.292. The van der Waals surface area contributed by atoms with Crippen molar-refractivity contribution in [2.45, 2.75) is 0 Å². The van der Waals surface area contributed by atoms with Crippen LogP contribution in [0.3, 0.4) is 0 Å². The Kier molecular flexibility index (Phi) is 3.11. The van der Waals surface area contributed by atoms with Crippen LogP contribution in [-0.2, 0) is 0 Å². The van der Waals surface area contributed by atoms with Gasteiger partial charge in [0.05, 0.1) is 33.3 Å². The fraction of sp³-hybridized carbons (Fsp3) is 0. The molecule has 0 aromatic carbocycles. The molecule has 0 spiro atoms. The first-order valence-electron chi connectivity index (χ1n) is 8.50. The summed E-state index contributed by atoms with van der Waals surface area (Å²) in [6.45, 7) is 0. The summed E-state index contributed by atoms with van der Waals surface area (Å²) in [4.78, 5) is 12.9. The van der Waals surface area contributed by atoms with Crippen molar-refractivity contribution in [1.29, 1.82) is 10.8 Å². The Morgan fingerprint density at radius 2 is 1.04 bits per heavy atom. The molecule has 7 nitrogen and oxygen atoms in total. The van der Waals surface area contributed by atoms with E-state index < -0.39 is 0 Å². The number of rotatable bonds is 0. The predicted octanol–water partition coefficient (Wildman–Crippen LogP) is 3.28. The van der Waals surface area contributed by atoms with Gasteiger partial charge in [0, 0.05) is 16.6 Å². The number of fused-ring (bicyclic) bond motifs is 8. The topological polar surface area (TPSA) is 137 Å². The first-order chi connectivity index (χ1) is 13.1. The van der Waals surface area contributed by atoms with Crippen LogP contribution < -0.4 is 16.4 Å². The molecule has 0 aliphatic carbocycles. The Bertz CT molecular complexity index is 1530. The van der Waals surface area contributed by atoms with Gasteiger partial charge in [-0.3, -0.25) is 10.8 Å². The third-order valence-electron chi connectivity index (χ3n) is 4.69. The van der Waals surface area contributed by atoms with Crippen LogP contribution in [0, 0.1) is 10.8 Å². The number of nitrogens with one attached hydrogen (secondary N) is 6. The van der Waals surface area contributed by atoms with Crippen LogP contribution in [0.1, 0.15) is 0 Å². The van der Waals surface area contributed by atoms with E-state index in [0.717, 1.165) is 22.1 Å². The number of nitrogen functional groups attached to an aromatic ring is 1. The molecule has 5 aromatic heterocycles. The molecule has 5 heterocycles. The van der Waals surface area contributed by atoms with Crippen molar-refractivity contribution in [1.82, 2.24) is 19.9 Å². The molecular weight excluding hydrogens is 338 g/mol. The normalized spacial score (nSPS) is 11.4. The molecule has 0 aliphatic rings. The van der Waals surface area contributed by atoms with Gasteiger partial charge in [0.25, 0.3) is 0 Å². The maximum Gasteiger partial charge on any atom is 0.101 e. The van der Waals surface area contributed by atoms with E-state index in [-0.39, 0.29) is 0 Å². The summed E-state index contributed by atoms with van der Waals surface area (Å²) in [7, 11) is 0. The largest absolute Gasteiger partial charge is 0.397 e. The molecule has 5 rings (SSSR count). The molecule has 5 aromatic rings. The number of hydrogen-bond acceptors (Lipinski definition) is 3. The first-order valence-corrected chi connectivity index (χ1v) is 8.50. The fourth-order valence-electron chi connectivity index (χ4n) is 3.28. The van der Waals surface area contributed by atoms with E-state index in [2.05, 4.69) is 19.9 Å². The van der Waals surface area contributed by atoms with E-state index in [4.69, 9.17) is 16.6 Å². The van der Waals surface area contributed by atoms with Gasteiger partial charge in [-0.2, -0.15) is 0 Å². The van der Waals surface area contributed by atoms with Gasteiger partial charge in [-0.15, -0.1) is 0 Å². The van der Waals surface area contributed by atoms with E-state index in [1.54, 1.807) is 12.1 Å². The van der Waals surface area contributed by atoms with E-state index in [0.29, 0.717) is 38.5 Å². The van der Waals surface area contributed by atoms with Crippen LogP contribution in [-0.4, -0.2) is 19.9 Å². The molecule has 0 saturated heterocycles. The van der Waals surface area contributed by atoms with Gasteiger partial charge in [0.2, 0.25) is 0 Å². The van der Waals surface area contributed by atoms with Crippen LogP contribution in [0.25, 0.3) is 44.1 Å². The molecule has 0 fully saturated rings. The highest BCUT2D eigenvalue weighted by molar-refractivity contribution is 5.81. The van der Waals surface area contributed by atoms with Crippen LogP contribution in [0.5, 0.6) is 0 Å². The van der Waals surface area contributed by atoms with Crippen molar-refractivity contribution >= 4 is 49.8 Å². The summed E-state index contributed by atoms with van der Waals surface area (Å²) in [6.07, 6.45) is 0. The van der Waals surface area contributed by atoms with Crippen molar-refractivity contribution in [2.75, 3.05) is 5.73 Å². The summed E-state index contributed by atoms with van der Waals surface area (Å²) in [5, 5.41) is 17.6. The number of hydrogen-bond donors (Lipinski definition) is 7. The number of aromatic nitrogens is 4. The molecule has 7 heteroatoms. The minimum Gasteiger partial charge on any atom is -0.397 e. The second-order valence-electron chi connectivity index (χ2n) is 6.57. The monoisotopic (exact) mass is 355 g/mol. The molecule has 132 valence electrons. The lowest BCUT2D eigenvalue weighted by Crippen LogP contribution is -2.01. The quantitative estimate of drug-likeness (QED) is 0.225. The Hall–Kier alpha value is -4.00. The Labute approximate surface area is 152 Å².